The summed E-state index contributed by atoms with van der Waals surface area (Å²) in [5, 5.41) is 4.03. The van der Waals surface area contributed by atoms with Gasteiger partial charge >= 0.3 is 5.97 Å². The lowest BCUT2D eigenvalue weighted by atomic mass is 10.2. The number of rotatable bonds is 6. The minimum atomic E-state index is -3.82. The number of nitrogens with one attached hydrogen (secondary N) is 1. The van der Waals surface area contributed by atoms with Gasteiger partial charge in [-0.3, -0.25) is 9.48 Å². The Kier molecular flexibility index (Phi) is 4.94. The molecular formula is C14H17N3O4S. The van der Waals surface area contributed by atoms with Gasteiger partial charge in [-0.25, -0.2) is 8.42 Å². The molecule has 1 aromatic carbocycles. The van der Waals surface area contributed by atoms with E-state index in [1.807, 2.05) is 30.3 Å². The first kappa shape index (κ1) is 16.2. The second-order valence-electron chi connectivity index (χ2n) is 4.73. The summed E-state index contributed by atoms with van der Waals surface area (Å²) in [5.74, 6) is -0.653. The van der Waals surface area contributed by atoms with Crippen LogP contribution in [0, 0.1) is 0 Å². The van der Waals surface area contributed by atoms with Crippen LogP contribution in [0.2, 0.25) is 0 Å². The molecule has 8 heteroatoms. The molecule has 0 bridgehead atoms. The maximum atomic E-state index is 12.2. The number of ether oxygens (including phenoxy) is 1. The van der Waals surface area contributed by atoms with Gasteiger partial charge in [-0.05, 0) is 12.5 Å². The number of carbonyl (C=O) groups excluding carboxylic acids is 1. The Balaban J connectivity index is 2.11. The maximum absolute atomic E-state index is 12.2. The summed E-state index contributed by atoms with van der Waals surface area (Å²) < 4.78 is 32.6. The predicted octanol–water partition coefficient (Wildman–Crippen LogP) is 0.771. The van der Waals surface area contributed by atoms with Crippen LogP contribution in [0.5, 0.6) is 0 Å². The summed E-state index contributed by atoms with van der Waals surface area (Å²) in [6, 6.07) is 8.58. The van der Waals surface area contributed by atoms with Crippen LogP contribution in [0.1, 0.15) is 12.5 Å². The standard InChI is InChI=1S/C14H17N3O4S/c1-11(14(18)21-2)16-22(19,20)13-8-15-17(10-13)9-12-6-4-3-5-7-12/h3-8,10-11,16H,9H2,1-2H3/t11-/m0/s1. The van der Waals surface area contributed by atoms with E-state index in [2.05, 4.69) is 14.6 Å². The molecule has 2 rings (SSSR count). The van der Waals surface area contributed by atoms with Gasteiger partial charge in [0.25, 0.3) is 0 Å². The van der Waals surface area contributed by atoms with Crippen LogP contribution in [0.4, 0.5) is 0 Å². The van der Waals surface area contributed by atoms with E-state index in [1.54, 1.807) is 0 Å². The molecule has 0 amide bonds. The molecule has 0 aliphatic carbocycles. The van der Waals surface area contributed by atoms with Crippen molar-refractivity contribution >= 4 is 16.0 Å². The van der Waals surface area contributed by atoms with Crippen LogP contribution in [-0.4, -0.2) is 37.3 Å². The summed E-state index contributed by atoms with van der Waals surface area (Å²) in [4.78, 5) is 11.3. The van der Waals surface area contributed by atoms with Gasteiger partial charge in [0, 0.05) is 6.20 Å². The zero-order valence-corrected chi connectivity index (χ0v) is 13.1. The topological polar surface area (TPSA) is 90.3 Å². The molecule has 0 saturated heterocycles. The number of hydrogen-bond acceptors (Lipinski definition) is 5. The maximum Gasteiger partial charge on any atom is 0.323 e. The molecule has 22 heavy (non-hydrogen) atoms. The molecule has 0 spiro atoms. The Hall–Kier alpha value is -2.19. The molecule has 0 aliphatic rings. The second-order valence-corrected chi connectivity index (χ2v) is 6.44. The SMILES string of the molecule is COC(=O)[C@H](C)NS(=O)(=O)c1cnn(Cc2ccccc2)c1. The lowest BCUT2D eigenvalue weighted by Gasteiger charge is -2.10. The van der Waals surface area contributed by atoms with E-state index in [9.17, 15) is 13.2 Å². The molecule has 7 nitrogen and oxygen atoms in total. The molecular weight excluding hydrogens is 306 g/mol. The van der Waals surface area contributed by atoms with Crippen molar-refractivity contribution in [3.05, 3.63) is 48.3 Å². The van der Waals surface area contributed by atoms with Crippen LogP contribution in [0.15, 0.2) is 47.6 Å². The van der Waals surface area contributed by atoms with Gasteiger partial charge in [0.05, 0.1) is 19.9 Å². The van der Waals surface area contributed by atoms with E-state index >= 15 is 0 Å². The highest BCUT2D eigenvalue weighted by Gasteiger charge is 2.23. The van der Waals surface area contributed by atoms with Crippen molar-refractivity contribution in [1.29, 1.82) is 0 Å². The smallest absolute Gasteiger partial charge is 0.323 e. The summed E-state index contributed by atoms with van der Waals surface area (Å²) in [7, 11) is -2.62. The fraction of sp³-hybridized carbons (Fsp3) is 0.286. The van der Waals surface area contributed by atoms with Gasteiger partial charge in [0.2, 0.25) is 10.0 Å². The molecule has 0 fully saturated rings. The van der Waals surface area contributed by atoms with Gasteiger partial charge < -0.3 is 4.74 Å². The van der Waals surface area contributed by atoms with Gasteiger partial charge in [0.1, 0.15) is 10.9 Å². The Morgan fingerprint density at radius 2 is 2.05 bits per heavy atom. The van der Waals surface area contributed by atoms with Crippen molar-refractivity contribution < 1.29 is 17.9 Å². The molecule has 118 valence electrons. The lowest BCUT2D eigenvalue weighted by Crippen LogP contribution is -2.38. The molecule has 1 heterocycles. The zero-order valence-electron chi connectivity index (χ0n) is 12.3. The number of aromatic nitrogens is 2. The van der Waals surface area contributed by atoms with E-state index in [-0.39, 0.29) is 4.90 Å². The predicted molar refractivity (Wildman–Crippen MR) is 79.6 cm³/mol. The molecule has 0 radical (unpaired) electrons. The molecule has 1 aromatic heterocycles. The van der Waals surface area contributed by atoms with Crippen LogP contribution in [0.25, 0.3) is 0 Å². The van der Waals surface area contributed by atoms with Gasteiger partial charge in [-0.1, -0.05) is 30.3 Å². The molecule has 0 saturated carbocycles. The van der Waals surface area contributed by atoms with Crippen LogP contribution >= 0.6 is 0 Å². The molecule has 0 aliphatic heterocycles. The fourth-order valence-electron chi connectivity index (χ4n) is 1.87. The Bertz CT molecular complexity index is 740. The second kappa shape index (κ2) is 6.71. The summed E-state index contributed by atoms with van der Waals surface area (Å²) >= 11 is 0. The first-order valence-electron chi connectivity index (χ1n) is 6.59. The van der Waals surface area contributed by atoms with Gasteiger partial charge in [0.15, 0.2) is 0 Å². The number of benzene rings is 1. The van der Waals surface area contributed by atoms with E-state index in [0.717, 1.165) is 5.56 Å². The number of sulfonamides is 1. The molecule has 1 atom stereocenters. The quantitative estimate of drug-likeness (QED) is 0.793. The number of carbonyl (C=O) groups is 1. The highest BCUT2D eigenvalue weighted by molar-refractivity contribution is 7.89. The molecule has 1 N–H and O–H groups in total. The third kappa shape index (κ3) is 3.92. The average molecular weight is 323 g/mol. The first-order valence-corrected chi connectivity index (χ1v) is 8.07. The zero-order chi connectivity index (χ0) is 16.2. The largest absolute Gasteiger partial charge is 0.468 e. The van der Waals surface area contributed by atoms with Crippen molar-refractivity contribution in [1.82, 2.24) is 14.5 Å². The van der Waals surface area contributed by atoms with Crippen molar-refractivity contribution in [3.8, 4) is 0 Å². The third-order valence-electron chi connectivity index (χ3n) is 2.99. The van der Waals surface area contributed by atoms with Crippen LogP contribution in [-0.2, 0) is 26.1 Å². The Morgan fingerprint density at radius 1 is 1.36 bits per heavy atom. The monoisotopic (exact) mass is 323 g/mol. The van der Waals surface area contributed by atoms with Crippen LogP contribution in [0.3, 0.4) is 0 Å². The number of methoxy groups -OCH3 is 1. The summed E-state index contributed by atoms with van der Waals surface area (Å²) in [6.45, 7) is 1.88. The minimum absolute atomic E-state index is 0.000755. The Labute approximate surface area is 129 Å². The number of esters is 1. The van der Waals surface area contributed by atoms with E-state index < -0.39 is 22.0 Å². The molecule has 0 unspecified atom stereocenters. The molecule has 2 aromatic rings. The third-order valence-corrected chi connectivity index (χ3v) is 4.49. The van der Waals surface area contributed by atoms with Gasteiger partial charge in [-0.2, -0.15) is 9.82 Å². The fourth-order valence-corrected chi connectivity index (χ4v) is 3.01. The van der Waals surface area contributed by atoms with E-state index in [1.165, 1.54) is 31.1 Å². The normalized spacial score (nSPS) is 12.8. The van der Waals surface area contributed by atoms with E-state index in [0.29, 0.717) is 6.54 Å². The lowest BCUT2D eigenvalue weighted by molar-refractivity contribution is -0.142. The number of nitrogens with zero attached hydrogens (tertiary/aromatic N) is 2. The highest BCUT2D eigenvalue weighted by Crippen LogP contribution is 2.10. The summed E-state index contributed by atoms with van der Waals surface area (Å²) in [5.41, 5.74) is 1.01. The average Bonchev–Trinajstić information content (AvgIpc) is 2.96. The summed E-state index contributed by atoms with van der Waals surface area (Å²) in [6.07, 6.45) is 2.66. The van der Waals surface area contributed by atoms with Crippen molar-refractivity contribution in [2.24, 2.45) is 0 Å². The van der Waals surface area contributed by atoms with Gasteiger partial charge in [-0.15, -0.1) is 0 Å². The number of hydrogen-bond donors (Lipinski definition) is 1. The minimum Gasteiger partial charge on any atom is -0.468 e. The first-order chi connectivity index (χ1) is 10.4. The van der Waals surface area contributed by atoms with Crippen LogP contribution < -0.4 is 4.72 Å². The van der Waals surface area contributed by atoms with Crippen molar-refractivity contribution in [2.45, 2.75) is 24.4 Å². The van der Waals surface area contributed by atoms with Crippen molar-refractivity contribution in [3.63, 3.8) is 0 Å². The highest BCUT2D eigenvalue weighted by atomic mass is 32.2. The van der Waals surface area contributed by atoms with Crippen molar-refractivity contribution in [2.75, 3.05) is 7.11 Å². The Morgan fingerprint density at radius 3 is 2.68 bits per heavy atom. The van der Waals surface area contributed by atoms with E-state index in [4.69, 9.17) is 0 Å².